The first-order valence-corrected chi connectivity index (χ1v) is 17.8. The van der Waals surface area contributed by atoms with Gasteiger partial charge in [0.15, 0.2) is 8.32 Å². The van der Waals surface area contributed by atoms with Crippen LogP contribution in [0.4, 0.5) is 0 Å². The van der Waals surface area contributed by atoms with E-state index >= 15 is 0 Å². The van der Waals surface area contributed by atoms with Gasteiger partial charge in [0.1, 0.15) is 6.10 Å². The first-order valence-electron chi connectivity index (χ1n) is 14.8. The highest BCUT2D eigenvalue weighted by molar-refractivity contribution is 6.74. The zero-order valence-electron chi connectivity index (χ0n) is 25.1. The van der Waals surface area contributed by atoms with Crippen LogP contribution in [0.3, 0.4) is 0 Å². The average molecular weight is 531 g/mol. The molecule has 37 heavy (non-hydrogen) atoms. The highest BCUT2D eigenvalue weighted by Crippen LogP contribution is 2.36. The van der Waals surface area contributed by atoms with Gasteiger partial charge in [-0.25, -0.2) is 0 Å². The van der Waals surface area contributed by atoms with Crippen molar-refractivity contribution in [2.45, 2.75) is 141 Å². The van der Waals surface area contributed by atoms with Gasteiger partial charge in [-0.1, -0.05) is 122 Å². The minimum Gasteiger partial charge on any atom is -0.417 e. The van der Waals surface area contributed by atoms with Gasteiger partial charge >= 0.3 is 0 Å². The van der Waals surface area contributed by atoms with Crippen LogP contribution in [0.2, 0.25) is 18.1 Å². The van der Waals surface area contributed by atoms with E-state index in [0.29, 0.717) is 6.61 Å². The second kappa shape index (κ2) is 19.0. The summed E-state index contributed by atoms with van der Waals surface area (Å²) in [6.45, 7) is 23.4. The van der Waals surface area contributed by atoms with E-state index in [0.717, 1.165) is 45.1 Å². The van der Waals surface area contributed by atoms with Crippen molar-refractivity contribution in [3.05, 3.63) is 61.2 Å². The zero-order valence-corrected chi connectivity index (χ0v) is 26.1. The zero-order chi connectivity index (χ0) is 27.6. The molecule has 0 saturated carbocycles. The van der Waals surface area contributed by atoms with Crippen molar-refractivity contribution in [3.63, 3.8) is 0 Å². The van der Waals surface area contributed by atoms with Gasteiger partial charge in [0.25, 0.3) is 0 Å². The van der Waals surface area contributed by atoms with Crippen LogP contribution in [0.5, 0.6) is 0 Å². The van der Waals surface area contributed by atoms with Crippen molar-refractivity contribution >= 4 is 8.32 Å². The van der Waals surface area contributed by atoms with Crippen LogP contribution in [0.25, 0.3) is 0 Å². The summed E-state index contributed by atoms with van der Waals surface area (Å²) in [6, 6.07) is 10.4. The summed E-state index contributed by atoms with van der Waals surface area (Å²) >= 11 is 0. The molecule has 0 saturated heterocycles. The Hall–Kier alpha value is -1.20. The van der Waals surface area contributed by atoms with E-state index in [4.69, 9.17) is 13.9 Å². The molecule has 0 heterocycles. The van der Waals surface area contributed by atoms with E-state index in [1.54, 1.807) is 0 Å². The van der Waals surface area contributed by atoms with Crippen molar-refractivity contribution in [3.8, 4) is 0 Å². The second-order valence-electron chi connectivity index (χ2n) is 12.0. The Morgan fingerprint density at radius 2 is 1.46 bits per heavy atom. The van der Waals surface area contributed by atoms with Gasteiger partial charge < -0.3 is 13.9 Å². The second-order valence-corrected chi connectivity index (χ2v) is 16.8. The van der Waals surface area contributed by atoms with Gasteiger partial charge in [0, 0.05) is 6.61 Å². The summed E-state index contributed by atoms with van der Waals surface area (Å²) in [5.74, 6) is 0. The molecule has 1 aromatic carbocycles. The Kier molecular flexibility index (Phi) is 17.3. The van der Waals surface area contributed by atoms with Crippen LogP contribution in [0.1, 0.15) is 104 Å². The lowest BCUT2D eigenvalue weighted by Gasteiger charge is -2.36. The number of hydrogen-bond donors (Lipinski definition) is 0. The van der Waals surface area contributed by atoms with Gasteiger partial charge in [0.05, 0.1) is 18.8 Å². The Balaban J connectivity index is 2.55. The molecule has 0 aliphatic carbocycles. The molecule has 0 aliphatic heterocycles. The first-order chi connectivity index (χ1) is 17.6. The minimum absolute atomic E-state index is 0.00400. The molecular formula is C33H58O3Si. The van der Waals surface area contributed by atoms with Gasteiger partial charge in [-0.3, -0.25) is 0 Å². The van der Waals surface area contributed by atoms with Crippen molar-refractivity contribution in [2.75, 3.05) is 6.61 Å². The van der Waals surface area contributed by atoms with Gasteiger partial charge in [0.2, 0.25) is 0 Å². The molecular weight excluding hydrogens is 472 g/mol. The van der Waals surface area contributed by atoms with Crippen LogP contribution in [-0.2, 0) is 20.5 Å². The largest absolute Gasteiger partial charge is 0.417 e. The van der Waals surface area contributed by atoms with E-state index in [-0.39, 0.29) is 23.4 Å². The number of hydrogen-bond acceptors (Lipinski definition) is 3. The molecule has 0 unspecified atom stereocenters. The summed E-state index contributed by atoms with van der Waals surface area (Å²) in [7, 11) is -1.65. The summed E-state index contributed by atoms with van der Waals surface area (Å²) in [4.78, 5) is 0. The van der Waals surface area contributed by atoms with Crippen LogP contribution in [0.15, 0.2) is 55.6 Å². The molecule has 0 spiro atoms. The number of rotatable bonds is 22. The fraction of sp³-hybridized carbons (Fsp3) is 0.697. The molecule has 1 rings (SSSR count). The topological polar surface area (TPSA) is 27.7 Å². The third-order valence-electron chi connectivity index (χ3n) is 7.74. The van der Waals surface area contributed by atoms with Crippen molar-refractivity contribution in [2.24, 2.45) is 0 Å². The molecule has 1 aromatic rings. The third kappa shape index (κ3) is 14.5. The normalized spacial score (nSPS) is 14.8. The monoisotopic (exact) mass is 530 g/mol. The molecule has 4 heteroatoms. The summed E-state index contributed by atoms with van der Waals surface area (Å²) in [5.41, 5.74) is 1.19. The van der Waals surface area contributed by atoms with E-state index < -0.39 is 8.32 Å². The Morgan fingerprint density at radius 3 is 2.08 bits per heavy atom. The predicted octanol–water partition coefficient (Wildman–Crippen LogP) is 10.0. The molecule has 0 aliphatic rings. The third-order valence-corrected chi connectivity index (χ3v) is 12.3. The van der Waals surface area contributed by atoms with Crippen molar-refractivity contribution < 1.29 is 13.9 Å². The highest BCUT2D eigenvalue weighted by Gasteiger charge is 2.36. The Labute approximate surface area is 231 Å². The summed E-state index contributed by atoms with van der Waals surface area (Å²) in [5, 5.41) is 0.267. The molecule has 3 atom stereocenters. The lowest BCUT2D eigenvalue weighted by Crippen LogP contribution is -2.40. The van der Waals surface area contributed by atoms with Crippen LogP contribution < -0.4 is 0 Å². The van der Waals surface area contributed by atoms with Gasteiger partial charge in [-0.15, -0.1) is 13.2 Å². The first kappa shape index (κ1) is 33.8. The maximum atomic E-state index is 6.52. The molecule has 3 nitrogen and oxygen atoms in total. The Morgan fingerprint density at radius 1 is 0.838 bits per heavy atom. The highest BCUT2D eigenvalue weighted by atomic mass is 28.4. The van der Waals surface area contributed by atoms with Gasteiger partial charge in [-0.2, -0.15) is 0 Å². The molecule has 0 aromatic heterocycles. The fourth-order valence-electron chi connectivity index (χ4n) is 4.15. The van der Waals surface area contributed by atoms with Crippen LogP contribution in [0, 0.1) is 0 Å². The van der Waals surface area contributed by atoms with Crippen molar-refractivity contribution in [1.82, 2.24) is 0 Å². The number of unbranched alkanes of at least 4 members (excludes halogenated alkanes) is 7. The molecule has 0 fully saturated rings. The molecule has 212 valence electrons. The van der Waals surface area contributed by atoms with Gasteiger partial charge in [-0.05, 0) is 43.0 Å². The molecule has 0 amide bonds. The quantitative estimate of drug-likeness (QED) is 0.0848. The van der Waals surface area contributed by atoms with Crippen LogP contribution in [-0.4, -0.2) is 33.2 Å². The predicted molar refractivity (Wildman–Crippen MR) is 164 cm³/mol. The van der Waals surface area contributed by atoms with E-state index in [2.05, 4.69) is 78.2 Å². The maximum Gasteiger partial charge on any atom is 0.191 e. The van der Waals surface area contributed by atoms with Crippen molar-refractivity contribution in [1.29, 1.82) is 0 Å². The molecule has 0 radical (unpaired) electrons. The SMILES string of the molecule is C=C[C@H](O[C@@H](C=C)CCCCCO[Si](C)(C)C(C)(C)C)[C@H](CCCCCCCC)OCc1ccccc1. The van der Waals surface area contributed by atoms with E-state index in [1.807, 2.05) is 18.2 Å². The number of benzene rings is 1. The number of ether oxygens (including phenoxy) is 2. The lowest BCUT2D eigenvalue weighted by molar-refractivity contribution is -0.0802. The average Bonchev–Trinajstić information content (AvgIpc) is 2.87. The molecule has 0 bridgehead atoms. The standard InChI is InChI=1S/C33H58O3Si/c1-9-12-13-14-15-21-26-32(34-28-29-23-18-16-19-24-29)31(11-3)36-30(10-2)25-20-17-22-27-35-37(7,8)33(4,5)6/h10-11,16,18-19,23-24,30-32H,2-3,9,12-15,17,20-22,25-28H2,1,4-8H3/t30-,31-,32-/m0/s1. The summed E-state index contributed by atoms with van der Waals surface area (Å²) in [6.07, 6.45) is 16.7. The maximum absolute atomic E-state index is 6.52. The fourth-order valence-corrected chi connectivity index (χ4v) is 5.24. The van der Waals surface area contributed by atoms with E-state index in [1.165, 1.54) is 37.7 Å². The lowest BCUT2D eigenvalue weighted by atomic mass is 10.0. The molecule has 0 N–H and O–H groups in total. The summed E-state index contributed by atoms with van der Waals surface area (Å²) < 4.78 is 19.3. The van der Waals surface area contributed by atoms with Crippen LogP contribution >= 0.6 is 0 Å². The van der Waals surface area contributed by atoms with E-state index in [9.17, 15) is 0 Å². The minimum atomic E-state index is -1.65. The smallest absolute Gasteiger partial charge is 0.191 e. The Bertz CT molecular complexity index is 710.